The van der Waals surface area contributed by atoms with Crippen LogP contribution in [0.1, 0.15) is 57.5 Å². The molecule has 1 aromatic heterocycles. The van der Waals surface area contributed by atoms with Gasteiger partial charge in [0.1, 0.15) is 19.0 Å². The first-order valence-electron chi connectivity index (χ1n) is 9.22. The number of nitrogens with zero attached hydrogens (tertiary/aromatic N) is 3. The van der Waals surface area contributed by atoms with Gasteiger partial charge in [-0.15, -0.1) is 0 Å². The normalized spacial score (nSPS) is 13.9. The third-order valence-electron chi connectivity index (χ3n) is 5.30. The van der Waals surface area contributed by atoms with Crippen LogP contribution in [-0.2, 0) is 17.9 Å². The molecule has 0 radical (unpaired) electrons. The lowest BCUT2D eigenvalue weighted by molar-refractivity contribution is -0.136. The molecule has 1 N–H and O–H groups in total. The number of aliphatic hydroxyl groups excluding tert-OH is 1. The van der Waals surface area contributed by atoms with E-state index in [1.807, 2.05) is 22.5 Å². The molecule has 0 aliphatic carbocycles. The van der Waals surface area contributed by atoms with Gasteiger partial charge in [-0.25, -0.2) is 4.98 Å². The second-order valence-corrected chi connectivity index (χ2v) is 7.01. The molecule has 5 nitrogen and oxygen atoms in total. The zero-order chi connectivity index (χ0) is 18.7. The van der Waals surface area contributed by atoms with Gasteiger partial charge in [-0.2, -0.15) is 0 Å². The largest absolute Gasteiger partial charge is 0.388 e. The van der Waals surface area contributed by atoms with Crippen molar-refractivity contribution in [2.24, 2.45) is 0 Å². The van der Waals surface area contributed by atoms with Gasteiger partial charge in [-0.05, 0) is 63.8 Å². The molecule has 5 heteroatoms. The van der Waals surface area contributed by atoms with E-state index in [-0.39, 0.29) is 31.1 Å². The Bertz CT molecular complexity index is 741. The number of fused-ring (bicyclic) bond motifs is 1. The predicted octanol–water partition coefficient (Wildman–Crippen LogP) is 3.57. The van der Waals surface area contributed by atoms with Gasteiger partial charge in [0.2, 0.25) is 5.91 Å². The van der Waals surface area contributed by atoms with Gasteiger partial charge in [-0.1, -0.05) is 13.8 Å². The van der Waals surface area contributed by atoms with Crippen molar-refractivity contribution in [3.63, 3.8) is 0 Å². The van der Waals surface area contributed by atoms with Gasteiger partial charge in [0.15, 0.2) is 0 Å². The first kappa shape index (κ1) is 19.4. The maximum atomic E-state index is 13.1. The van der Waals surface area contributed by atoms with Gasteiger partial charge < -0.3 is 14.6 Å². The number of hydrogen-bond donors (Lipinski definition) is 1. The molecule has 1 aromatic carbocycles. The molecule has 2 aromatic rings. The first-order valence-corrected chi connectivity index (χ1v) is 9.22. The second-order valence-electron chi connectivity index (χ2n) is 7.01. The molecule has 2 unspecified atom stereocenters. The molecule has 0 aliphatic heterocycles. The highest BCUT2D eigenvalue weighted by atomic mass is 16.3. The van der Waals surface area contributed by atoms with E-state index in [9.17, 15) is 9.90 Å². The van der Waals surface area contributed by atoms with Crippen LogP contribution in [0.2, 0.25) is 0 Å². The summed E-state index contributed by atoms with van der Waals surface area (Å²) in [6.45, 7) is 12.5. The Morgan fingerprint density at radius 2 is 1.72 bits per heavy atom. The Morgan fingerprint density at radius 3 is 2.24 bits per heavy atom. The van der Waals surface area contributed by atoms with Crippen molar-refractivity contribution in [1.82, 2.24) is 14.5 Å². The van der Waals surface area contributed by atoms with Crippen molar-refractivity contribution < 1.29 is 9.90 Å². The minimum atomic E-state index is -0.174. The van der Waals surface area contributed by atoms with Gasteiger partial charge in [0, 0.05) is 12.1 Å². The van der Waals surface area contributed by atoms with E-state index in [0.717, 1.165) is 35.0 Å². The van der Waals surface area contributed by atoms with Crippen LogP contribution < -0.4 is 0 Å². The average Bonchev–Trinajstić information content (AvgIpc) is 2.91. The Kier molecular flexibility index (Phi) is 6.22. The van der Waals surface area contributed by atoms with Crippen molar-refractivity contribution in [3.8, 4) is 0 Å². The minimum absolute atomic E-state index is 0.0796. The molecule has 1 amide bonds. The molecule has 2 rings (SSSR count). The Hall–Kier alpha value is -1.88. The summed E-state index contributed by atoms with van der Waals surface area (Å²) in [4.78, 5) is 19.6. The molecule has 0 saturated carbocycles. The topological polar surface area (TPSA) is 58.4 Å². The third-order valence-corrected chi connectivity index (χ3v) is 5.30. The summed E-state index contributed by atoms with van der Waals surface area (Å²) in [6, 6.07) is 4.46. The number of amides is 1. The van der Waals surface area contributed by atoms with E-state index in [2.05, 4.69) is 45.7 Å². The van der Waals surface area contributed by atoms with E-state index in [1.54, 1.807) is 0 Å². The number of rotatable bonds is 7. The van der Waals surface area contributed by atoms with E-state index in [0.29, 0.717) is 5.82 Å². The first-order chi connectivity index (χ1) is 11.8. The van der Waals surface area contributed by atoms with E-state index in [4.69, 9.17) is 0 Å². The number of aryl methyl sites for hydroxylation is 2. The smallest absolute Gasteiger partial charge is 0.243 e. The maximum Gasteiger partial charge on any atom is 0.243 e. The van der Waals surface area contributed by atoms with Gasteiger partial charge in [-0.3, -0.25) is 4.79 Å². The Balaban J connectivity index is 2.43. The number of imidazole rings is 1. The summed E-state index contributed by atoms with van der Waals surface area (Å²) < 4.78 is 1.86. The molecule has 0 aliphatic rings. The zero-order valence-corrected chi connectivity index (χ0v) is 16.3. The molecule has 0 fully saturated rings. The fourth-order valence-corrected chi connectivity index (χ4v) is 3.26. The standard InChI is InChI=1S/C20H31N3O2/c1-7-15(5)23(16(6)8-2)20(25)11-22-18-10-14(4)13(3)9-17(18)21-19(22)12-24/h9-10,15-16,24H,7-8,11-12H2,1-6H3. The molecule has 25 heavy (non-hydrogen) atoms. The monoisotopic (exact) mass is 345 g/mol. The van der Waals surface area contributed by atoms with Crippen molar-refractivity contribution in [2.45, 2.75) is 79.6 Å². The molecule has 0 spiro atoms. The van der Waals surface area contributed by atoms with Crippen molar-refractivity contribution in [2.75, 3.05) is 0 Å². The maximum absolute atomic E-state index is 13.1. The molecule has 0 saturated heterocycles. The molecular formula is C20H31N3O2. The molecule has 1 heterocycles. The van der Waals surface area contributed by atoms with Crippen LogP contribution in [0.15, 0.2) is 12.1 Å². The second kappa shape index (κ2) is 8.00. The highest BCUT2D eigenvalue weighted by molar-refractivity contribution is 5.82. The molecule has 138 valence electrons. The summed E-state index contributed by atoms with van der Waals surface area (Å²) in [5.74, 6) is 0.623. The van der Waals surface area contributed by atoms with Crippen LogP contribution in [0.4, 0.5) is 0 Å². The molecule has 0 bridgehead atoms. The lowest BCUT2D eigenvalue weighted by Gasteiger charge is -2.34. The van der Waals surface area contributed by atoms with Crippen LogP contribution in [0.5, 0.6) is 0 Å². The highest BCUT2D eigenvalue weighted by Gasteiger charge is 2.25. The summed E-state index contributed by atoms with van der Waals surface area (Å²) in [6.07, 6.45) is 1.85. The summed E-state index contributed by atoms with van der Waals surface area (Å²) in [5, 5.41) is 9.71. The fourth-order valence-electron chi connectivity index (χ4n) is 3.26. The number of hydrogen-bond acceptors (Lipinski definition) is 3. The number of carbonyl (C=O) groups excluding carboxylic acids is 1. The van der Waals surface area contributed by atoms with Gasteiger partial charge in [0.25, 0.3) is 0 Å². The van der Waals surface area contributed by atoms with Crippen molar-refractivity contribution in [3.05, 3.63) is 29.1 Å². The number of carbonyl (C=O) groups is 1. The number of aliphatic hydroxyl groups is 1. The molecule has 2 atom stereocenters. The van der Waals surface area contributed by atoms with Crippen molar-refractivity contribution >= 4 is 16.9 Å². The summed E-state index contributed by atoms with van der Waals surface area (Å²) in [5.41, 5.74) is 4.06. The minimum Gasteiger partial charge on any atom is -0.388 e. The average molecular weight is 345 g/mol. The molecular weight excluding hydrogens is 314 g/mol. The lowest BCUT2D eigenvalue weighted by atomic mass is 10.1. The fraction of sp³-hybridized carbons (Fsp3) is 0.600. The van der Waals surface area contributed by atoms with Crippen molar-refractivity contribution in [1.29, 1.82) is 0 Å². The highest BCUT2D eigenvalue weighted by Crippen LogP contribution is 2.22. The lowest BCUT2D eigenvalue weighted by Crippen LogP contribution is -2.45. The van der Waals surface area contributed by atoms with Crippen LogP contribution in [0, 0.1) is 13.8 Å². The number of benzene rings is 1. The predicted molar refractivity (Wildman–Crippen MR) is 101 cm³/mol. The Labute approximate surface area is 150 Å². The van der Waals surface area contributed by atoms with E-state index >= 15 is 0 Å². The quantitative estimate of drug-likeness (QED) is 0.834. The van der Waals surface area contributed by atoms with E-state index in [1.165, 1.54) is 0 Å². The van der Waals surface area contributed by atoms with Gasteiger partial charge >= 0.3 is 0 Å². The SMILES string of the molecule is CCC(C)N(C(=O)Cn1c(CO)nc2cc(C)c(C)cc21)C(C)CC. The summed E-state index contributed by atoms with van der Waals surface area (Å²) in [7, 11) is 0. The Morgan fingerprint density at radius 1 is 1.16 bits per heavy atom. The van der Waals surface area contributed by atoms with Crippen LogP contribution >= 0.6 is 0 Å². The number of aromatic nitrogens is 2. The van der Waals surface area contributed by atoms with Crippen LogP contribution in [0.25, 0.3) is 11.0 Å². The van der Waals surface area contributed by atoms with Crippen LogP contribution in [-0.4, -0.2) is 37.5 Å². The van der Waals surface area contributed by atoms with Gasteiger partial charge in [0.05, 0.1) is 11.0 Å². The van der Waals surface area contributed by atoms with Crippen LogP contribution in [0.3, 0.4) is 0 Å². The zero-order valence-electron chi connectivity index (χ0n) is 16.3. The summed E-state index contributed by atoms with van der Waals surface area (Å²) >= 11 is 0. The third kappa shape index (κ3) is 3.87. The van der Waals surface area contributed by atoms with E-state index < -0.39 is 0 Å².